The van der Waals surface area contributed by atoms with Gasteiger partial charge in [-0.3, -0.25) is 19.3 Å². The van der Waals surface area contributed by atoms with Crippen LogP contribution in [0.1, 0.15) is 22.8 Å². The van der Waals surface area contributed by atoms with Gasteiger partial charge in [0.05, 0.1) is 29.2 Å². The molecule has 0 fully saturated rings. The number of carbonyl (C=O) groups is 2. The highest BCUT2D eigenvalue weighted by atomic mass is 35.5. The second-order valence-corrected chi connectivity index (χ2v) is 7.93. The SMILES string of the molecule is CC(=O)N(C)N(Cc1cc(F)c(F)cc1Cl)C(=O)c1ccc2nc(N)c3cnn(C)c3c2c1. The Morgan fingerprint density at radius 2 is 1.85 bits per heavy atom. The molecule has 2 heterocycles. The number of hydrazine groups is 1. The zero-order valence-electron chi connectivity index (χ0n) is 17.9. The number of hydrogen-bond acceptors (Lipinski definition) is 5. The summed E-state index contributed by atoms with van der Waals surface area (Å²) in [5, 5.41) is 7.62. The lowest BCUT2D eigenvalue weighted by Gasteiger charge is -2.31. The molecule has 2 amide bonds. The molecule has 11 heteroatoms. The predicted octanol–water partition coefficient (Wildman–Crippen LogP) is 3.67. The minimum absolute atomic E-state index is 0.0709. The normalized spacial score (nSPS) is 11.2. The van der Waals surface area contributed by atoms with E-state index in [0.29, 0.717) is 27.6 Å². The Morgan fingerprint density at radius 1 is 1.15 bits per heavy atom. The molecular formula is C22H19ClF2N6O2. The van der Waals surface area contributed by atoms with Crippen molar-refractivity contribution < 1.29 is 18.4 Å². The van der Waals surface area contributed by atoms with Crippen LogP contribution >= 0.6 is 11.6 Å². The number of nitrogens with two attached hydrogens (primary N) is 1. The third kappa shape index (κ3) is 3.93. The standard InChI is InChI=1S/C22H19ClF2N6O2/c1-11(32)30(3)31(10-13-7-17(24)18(25)8-16(13)23)22(33)12-4-5-19-14(6-12)20-15(21(26)28-19)9-27-29(20)2/h4-9H,10H2,1-3H3,(H2,26,28). The van der Waals surface area contributed by atoms with Gasteiger partial charge in [0.25, 0.3) is 5.91 Å². The molecule has 2 N–H and O–H groups in total. The van der Waals surface area contributed by atoms with E-state index in [4.69, 9.17) is 17.3 Å². The van der Waals surface area contributed by atoms with Crippen molar-refractivity contribution in [1.82, 2.24) is 24.8 Å². The molecule has 4 rings (SSSR count). The van der Waals surface area contributed by atoms with Crippen molar-refractivity contribution in [1.29, 1.82) is 0 Å². The summed E-state index contributed by atoms with van der Waals surface area (Å²) in [5.41, 5.74) is 7.66. The second kappa shape index (κ2) is 8.28. The lowest BCUT2D eigenvalue weighted by molar-refractivity contribution is -0.140. The van der Waals surface area contributed by atoms with Crippen LogP contribution in [0.25, 0.3) is 21.8 Å². The van der Waals surface area contributed by atoms with E-state index in [2.05, 4.69) is 10.1 Å². The van der Waals surface area contributed by atoms with E-state index in [9.17, 15) is 18.4 Å². The molecule has 0 saturated carbocycles. The van der Waals surface area contributed by atoms with Crippen molar-refractivity contribution in [3.05, 3.63) is 64.3 Å². The van der Waals surface area contributed by atoms with Crippen LogP contribution in [0.4, 0.5) is 14.6 Å². The maximum absolute atomic E-state index is 13.8. The van der Waals surface area contributed by atoms with Crippen molar-refractivity contribution in [3.8, 4) is 0 Å². The molecule has 0 unspecified atom stereocenters. The number of nitrogens with zero attached hydrogens (tertiary/aromatic N) is 5. The van der Waals surface area contributed by atoms with E-state index >= 15 is 0 Å². The predicted molar refractivity (Wildman–Crippen MR) is 120 cm³/mol. The van der Waals surface area contributed by atoms with Crippen LogP contribution in [0.5, 0.6) is 0 Å². The maximum atomic E-state index is 13.8. The third-order valence-electron chi connectivity index (χ3n) is 5.42. The number of halogens is 3. The number of amides is 2. The van der Waals surface area contributed by atoms with E-state index < -0.39 is 23.4 Å². The van der Waals surface area contributed by atoms with Crippen molar-refractivity contribution in [3.63, 3.8) is 0 Å². The van der Waals surface area contributed by atoms with Gasteiger partial charge in [-0.05, 0) is 35.9 Å². The number of aryl methyl sites for hydroxylation is 1. The second-order valence-electron chi connectivity index (χ2n) is 7.52. The molecule has 2 aromatic carbocycles. The number of anilines is 1. The van der Waals surface area contributed by atoms with Gasteiger partial charge < -0.3 is 5.73 Å². The van der Waals surface area contributed by atoms with E-state index in [1.165, 1.54) is 14.0 Å². The average Bonchev–Trinajstić information content (AvgIpc) is 3.16. The van der Waals surface area contributed by atoms with Gasteiger partial charge in [0.15, 0.2) is 11.6 Å². The fourth-order valence-electron chi connectivity index (χ4n) is 3.57. The Labute approximate surface area is 192 Å². The van der Waals surface area contributed by atoms with Gasteiger partial charge in [0.1, 0.15) is 5.82 Å². The van der Waals surface area contributed by atoms with Gasteiger partial charge in [-0.15, -0.1) is 0 Å². The summed E-state index contributed by atoms with van der Waals surface area (Å²) >= 11 is 6.07. The maximum Gasteiger partial charge on any atom is 0.272 e. The highest BCUT2D eigenvalue weighted by molar-refractivity contribution is 6.31. The summed E-state index contributed by atoms with van der Waals surface area (Å²) in [7, 11) is 3.15. The van der Waals surface area contributed by atoms with Gasteiger partial charge >= 0.3 is 0 Å². The summed E-state index contributed by atoms with van der Waals surface area (Å²) in [4.78, 5) is 29.9. The zero-order valence-corrected chi connectivity index (χ0v) is 18.7. The van der Waals surface area contributed by atoms with E-state index in [1.54, 1.807) is 36.1 Å². The molecule has 0 saturated heterocycles. The number of nitrogen functional groups attached to an aromatic ring is 1. The van der Waals surface area contributed by atoms with E-state index in [1.807, 2.05) is 0 Å². The molecule has 0 radical (unpaired) electrons. The largest absolute Gasteiger partial charge is 0.383 e. The van der Waals surface area contributed by atoms with Crippen LogP contribution in [0.3, 0.4) is 0 Å². The number of rotatable bonds is 3. The Hall–Kier alpha value is -3.79. The van der Waals surface area contributed by atoms with Crippen LogP contribution in [-0.4, -0.2) is 43.6 Å². The number of carbonyl (C=O) groups excluding carboxylic acids is 2. The van der Waals surface area contributed by atoms with Crippen LogP contribution < -0.4 is 5.73 Å². The Kier molecular flexibility index (Phi) is 5.62. The first-order chi connectivity index (χ1) is 15.6. The van der Waals surface area contributed by atoms with Gasteiger partial charge in [-0.25, -0.2) is 18.8 Å². The summed E-state index contributed by atoms with van der Waals surface area (Å²) in [6, 6.07) is 6.54. The molecule has 170 valence electrons. The Balaban J connectivity index is 1.81. The highest BCUT2D eigenvalue weighted by Crippen LogP contribution is 2.29. The molecule has 0 bridgehead atoms. The lowest BCUT2D eigenvalue weighted by atomic mass is 10.1. The first-order valence-electron chi connectivity index (χ1n) is 9.79. The number of fused-ring (bicyclic) bond motifs is 3. The van der Waals surface area contributed by atoms with Crippen molar-refractivity contribution >= 4 is 51.0 Å². The summed E-state index contributed by atoms with van der Waals surface area (Å²) in [5.74, 6) is -2.90. The molecule has 0 aliphatic heterocycles. The quantitative estimate of drug-likeness (QED) is 0.362. The summed E-state index contributed by atoms with van der Waals surface area (Å²) in [6.45, 7) is 1.02. The first kappa shape index (κ1) is 22.4. The molecule has 2 aromatic heterocycles. The van der Waals surface area contributed by atoms with E-state index in [0.717, 1.165) is 22.2 Å². The molecule has 0 aliphatic rings. The van der Waals surface area contributed by atoms with Crippen LogP contribution in [-0.2, 0) is 18.4 Å². The number of benzene rings is 2. The topological polar surface area (TPSA) is 97.3 Å². The zero-order chi connectivity index (χ0) is 24.0. The third-order valence-corrected chi connectivity index (χ3v) is 5.77. The lowest BCUT2D eigenvalue weighted by Crippen LogP contribution is -2.46. The molecule has 4 aromatic rings. The molecule has 0 spiro atoms. The number of pyridine rings is 1. The fourth-order valence-corrected chi connectivity index (χ4v) is 3.78. The summed E-state index contributed by atoms with van der Waals surface area (Å²) in [6.07, 6.45) is 1.59. The fraction of sp³-hybridized carbons (Fsp3) is 0.182. The Morgan fingerprint density at radius 3 is 2.55 bits per heavy atom. The Bertz CT molecular complexity index is 1440. The van der Waals surface area contributed by atoms with Gasteiger partial charge in [-0.2, -0.15) is 5.10 Å². The minimum atomic E-state index is -1.11. The molecule has 8 nitrogen and oxygen atoms in total. The smallest absolute Gasteiger partial charge is 0.272 e. The van der Waals surface area contributed by atoms with E-state index in [-0.39, 0.29) is 22.7 Å². The number of aromatic nitrogens is 3. The molecule has 0 atom stereocenters. The minimum Gasteiger partial charge on any atom is -0.383 e. The molecular weight excluding hydrogens is 454 g/mol. The van der Waals surface area contributed by atoms with Crippen LogP contribution in [0, 0.1) is 11.6 Å². The average molecular weight is 473 g/mol. The van der Waals surface area contributed by atoms with Gasteiger partial charge in [-0.1, -0.05) is 11.6 Å². The molecule has 33 heavy (non-hydrogen) atoms. The van der Waals surface area contributed by atoms with Gasteiger partial charge in [0, 0.05) is 37.0 Å². The van der Waals surface area contributed by atoms with Gasteiger partial charge in [0.2, 0.25) is 5.91 Å². The first-order valence-corrected chi connectivity index (χ1v) is 10.2. The van der Waals surface area contributed by atoms with Crippen molar-refractivity contribution in [2.45, 2.75) is 13.5 Å². The highest BCUT2D eigenvalue weighted by Gasteiger charge is 2.25. The van der Waals surface area contributed by atoms with Crippen LogP contribution in [0.2, 0.25) is 5.02 Å². The van der Waals surface area contributed by atoms with Crippen molar-refractivity contribution in [2.24, 2.45) is 7.05 Å². The van der Waals surface area contributed by atoms with Crippen LogP contribution in [0.15, 0.2) is 36.5 Å². The molecule has 0 aliphatic carbocycles. The van der Waals surface area contributed by atoms with Crippen molar-refractivity contribution in [2.75, 3.05) is 12.8 Å². The monoisotopic (exact) mass is 472 g/mol. The summed E-state index contributed by atoms with van der Waals surface area (Å²) < 4.78 is 28.9. The number of hydrogen-bond donors (Lipinski definition) is 1.